The molecule has 0 aliphatic carbocycles. The summed E-state index contributed by atoms with van der Waals surface area (Å²) in [6, 6.07) is 13.1. The van der Waals surface area contributed by atoms with Crippen LogP contribution in [-0.2, 0) is 13.1 Å². The zero-order chi connectivity index (χ0) is 11.2. The zero-order valence-electron chi connectivity index (χ0n) is 10.4. The van der Waals surface area contributed by atoms with Gasteiger partial charge in [0.1, 0.15) is 0 Å². The second kappa shape index (κ2) is 5.55. The van der Waals surface area contributed by atoms with Gasteiger partial charge in [0.15, 0.2) is 25.5 Å². The molecule has 0 unspecified atom stereocenters. The van der Waals surface area contributed by atoms with Crippen LogP contribution in [0, 0.1) is 0 Å². The fourth-order valence-electron chi connectivity index (χ4n) is 2.92. The van der Waals surface area contributed by atoms with E-state index in [1.165, 1.54) is 28.2 Å². The van der Waals surface area contributed by atoms with Crippen molar-refractivity contribution < 1.29 is 43.1 Å². The van der Waals surface area contributed by atoms with Crippen molar-refractivity contribution in [2.75, 3.05) is 0 Å². The van der Waals surface area contributed by atoms with E-state index in [4.69, 9.17) is 0 Å². The molecular formula is C15H14Br2N2. The number of hydrogen-bond acceptors (Lipinski definition) is 0. The molecule has 0 bridgehead atoms. The number of aryl methyl sites for hydroxylation is 2. The van der Waals surface area contributed by atoms with Crippen molar-refractivity contribution in [2.45, 2.75) is 19.5 Å². The van der Waals surface area contributed by atoms with Gasteiger partial charge >= 0.3 is 0 Å². The predicted molar refractivity (Wildman–Crippen MR) is 66.5 cm³/mol. The second-order valence-electron chi connectivity index (χ2n) is 4.70. The molecule has 0 saturated heterocycles. The lowest BCUT2D eigenvalue weighted by atomic mass is 10.1. The minimum absolute atomic E-state index is 0. The van der Waals surface area contributed by atoms with Crippen molar-refractivity contribution in [1.82, 2.24) is 0 Å². The summed E-state index contributed by atoms with van der Waals surface area (Å²) in [5.74, 6) is 0. The van der Waals surface area contributed by atoms with Crippen LogP contribution in [0.3, 0.4) is 0 Å². The highest BCUT2D eigenvalue weighted by Gasteiger charge is 2.23. The molecule has 1 aromatic carbocycles. The van der Waals surface area contributed by atoms with Gasteiger partial charge in [-0.1, -0.05) is 0 Å². The largest absolute Gasteiger partial charge is 1.00 e. The van der Waals surface area contributed by atoms with Gasteiger partial charge in [-0.2, -0.15) is 9.13 Å². The SMILES string of the molecule is [Br-].[Br-].c1cc2ccc3ccc[n+]4c3c2[n+](c1)CCC4. The van der Waals surface area contributed by atoms with Crippen molar-refractivity contribution >= 4 is 21.8 Å². The predicted octanol–water partition coefficient (Wildman–Crippen LogP) is -4.02. The van der Waals surface area contributed by atoms with Crippen LogP contribution in [0.4, 0.5) is 0 Å². The molecule has 2 nitrogen and oxygen atoms in total. The lowest BCUT2D eigenvalue weighted by Crippen LogP contribution is -3.00. The molecule has 0 amide bonds. The van der Waals surface area contributed by atoms with Crippen LogP contribution in [0.2, 0.25) is 0 Å². The zero-order valence-corrected chi connectivity index (χ0v) is 13.6. The molecule has 0 atom stereocenters. The first-order valence-electron chi connectivity index (χ1n) is 6.17. The van der Waals surface area contributed by atoms with Crippen LogP contribution in [-0.4, -0.2) is 0 Å². The standard InChI is InChI=1S/C15H14N2.2BrH/c1-4-12-6-7-13-5-2-9-17-11-3-10-16(8-1)14(12)15(13)17;;/h1-2,4-9H,3,10-11H2;2*1H/q+2;;/p-2. The summed E-state index contributed by atoms with van der Waals surface area (Å²) < 4.78 is 4.78. The number of rotatable bonds is 0. The van der Waals surface area contributed by atoms with Gasteiger partial charge in [-0.3, -0.25) is 0 Å². The third-order valence-electron chi connectivity index (χ3n) is 3.67. The summed E-state index contributed by atoms with van der Waals surface area (Å²) in [5, 5.41) is 2.67. The average Bonchev–Trinajstić information content (AvgIpc) is 2.57. The third-order valence-corrected chi connectivity index (χ3v) is 3.67. The van der Waals surface area contributed by atoms with E-state index in [9.17, 15) is 0 Å². The summed E-state index contributed by atoms with van der Waals surface area (Å²) >= 11 is 0. The molecule has 0 spiro atoms. The Morgan fingerprint density at radius 3 is 1.63 bits per heavy atom. The maximum absolute atomic E-state index is 2.39. The van der Waals surface area contributed by atoms with E-state index < -0.39 is 0 Å². The molecular weight excluding hydrogens is 368 g/mol. The molecule has 19 heavy (non-hydrogen) atoms. The minimum Gasteiger partial charge on any atom is -1.00 e. The van der Waals surface area contributed by atoms with Gasteiger partial charge in [0.05, 0.1) is 17.2 Å². The van der Waals surface area contributed by atoms with Crippen LogP contribution in [0.25, 0.3) is 21.8 Å². The number of nitrogens with zero attached hydrogens (tertiary/aromatic N) is 2. The highest BCUT2D eigenvalue weighted by molar-refractivity contribution is 5.98. The van der Waals surface area contributed by atoms with E-state index in [0.29, 0.717) is 0 Å². The molecule has 1 aliphatic heterocycles. The Kier molecular flexibility index (Phi) is 4.21. The van der Waals surface area contributed by atoms with E-state index in [0.717, 1.165) is 13.1 Å². The first-order valence-corrected chi connectivity index (χ1v) is 6.17. The summed E-state index contributed by atoms with van der Waals surface area (Å²) in [6.45, 7) is 2.22. The number of aromatic nitrogens is 2. The fourth-order valence-corrected chi connectivity index (χ4v) is 2.92. The Balaban J connectivity index is 0.000000667. The monoisotopic (exact) mass is 380 g/mol. The number of pyridine rings is 2. The van der Waals surface area contributed by atoms with Crippen molar-refractivity contribution in [2.24, 2.45) is 0 Å². The molecule has 0 radical (unpaired) electrons. The molecule has 98 valence electrons. The van der Waals surface area contributed by atoms with Gasteiger partial charge in [0.25, 0.3) is 11.0 Å². The first-order chi connectivity index (χ1) is 8.43. The van der Waals surface area contributed by atoms with E-state index in [1.807, 2.05) is 0 Å². The minimum atomic E-state index is 0. The molecule has 3 aromatic rings. The van der Waals surface area contributed by atoms with Crippen LogP contribution in [0.5, 0.6) is 0 Å². The highest BCUT2D eigenvalue weighted by atomic mass is 79.9. The molecule has 2 aromatic heterocycles. The van der Waals surface area contributed by atoms with Gasteiger partial charge in [0.2, 0.25) is 0 Å². The summed E-state index contributed by atoms with van der Waals surface area (Å²) in [5.41, 5.74) is 2.76. The quantitative estimate of drug-likeness (QED) is 0.277. The Hall–Kier alpha value is -1.00. The van der Waals surface area contributed by atoms with Crippen molar-refractivity contribution in [3.63, 3.8) is 0 Å². The molecule has 0 fully saturated rings. The van der Waals surface area contributed by atoms with E-state index >= 15 is 0 Å². The van der Waals surface area contributed by atoms with Crippen LogP contribution in [0.1, 0.15) is 6.42 Å². The molecule has 1 aliphatic rings. The number of benzene rings is 1. The van der Waals surface area contributed by atoms with E-state index in [1.54, 1.807) is 0 Å². The normalized spacial score (nSPS) is 12.8. The van der Waals surface area contributed by atoms with Crippen molar-refractivity contribution in [1.29, 1.82) is 0 Å². The topological polar surface area (TPSA) is 7.76 Å². The number of halogens is 2. The molecule has 4 rings (SSSR count). The van der Waals surface area contributed by atoms with Crippen LogP contribution in [0.15, 0.2) is 48.8 Å². The van der Waals surface area contributed by atoms with Gasteiger partial charge in [0, 0.05) is 12.1 Å². The number of hydrogen-bond donors (Lipinski definition) is 0. The maximum Gasteiger partial charge on any atom is 0.285 e. The van der Waals surface area contributed by atoms with Crippen molar-refractivity contribution in [3.8, 4) is 0 Å². The van der Waals surface area contributed by atoms with Gasteiger partial charge in [-0.25, -0.2) is 0 Å². The van der Waals surface area contributed by atoms with Gasteiger partial charge < -0.3 is 34.0 Å². The molecule has 4 heteroatoms. The highest BCUT2D eigenvalue weighted by Crippen LogP contribution is 2.20. The maximum atomic E-state index is 2.39. The molecule has 3 heterocycles. The Morgan fingerprint density at radius 1 is 0.684 bits per heavy atom. The average molecular weight is 382 g/mol. The van der Waals surface area contributed by atoms with Crippen molar-refractivity contribution in [3.05, 3.63) is 48.8 Å². The fraction of sp³-hybridized carbons (Fsp3) is 0.200. The summed E-state index contributed by atoms with van der Waals surface area (Å²) in [7, 11) is 0. The van der Waals surface area contributed by atoms with Crippen LogP contribution < -0.4 is 43.1 Å². The lowest BCUT2D eigenvalue weighted by molar-refractivity contribution is -0.682. The molecule has 0 saturated carbocycles. The van der Waals surface area contributed by atoms with Gasteiger partial charge in [-0.05, 0) is 24.3 Å². The summed E-state index contributed by atoms with van der Waals surface area (Å²) in [6.07, 6.45) is 5.59. The lowest BCUT2D eigenvalue weighted by Gasteiger charge is -1.99. The first kappa shape index (κ1) is 14.4. The smallest absolute Gasteiger partial charge is 0.285 e. The van der Waals surface area contributed by atoms with Gasteiger partial charge in [-0.15, -0.1) is 0 Å². The van der Waals surface area contributed by atoms with Crippen LogP contribution >= 0.6 is 0 Å². The molecule has 0 N–H and O–H groups in total. The second-order valence-corrected chi connectivity index (χ2v) is 4.70. The van der Waals surface area contributed by atoms with E-state index in [-0.39, 0.29) is 34.0 Å². The third kappa shape index (κ3) is 2.17. The van der Waals surface area contributed by atoms with E-state index in [2.05, 4.69) is 57.9 Å². The summed E-state index contributed by atoms with van der Waals surface area (Å²) in [4.78, 5) is 0. The Bertz CT molecular complexity index is 678. The Labute approximate surface area is 133 Å². The Morgan fingerprint density at radius 2 is 1.16 bits per heavy atom.